The molecule has 0 aliphatic heterocycles. The number of phenols is 1. The van der Waals surface area contributed by atoms with Crippen LogP contribution in [0.2, 0.25) is 0 Å². The van der Waals surface area contributed by atoms with Gasteiger partial charge in [0.15, 0.2) is 11.4 Å². The van der Waals surface area contributed by atoms with Gasteiger partial charge in [-0.1, -0.05) is 6.07 Å². The van der Waals surface area contributed by atoms with E-state index in [4.69, 9.17) is 5.73 Å². The summed E-state index contributed by atoms with van der Waals surface area (Å²) in [6.45, 7) is 3.52. The number of nitrogens with zero attached hydrogens (tertiary/aromatic N) is 1. The molecule has 1 amide bonds. The van der Waals surface area contributed by atoms with Crippen LogP contribution in [0.4, 0.5) is 0 Å². The fourth-order valence-electron chi connectivity index (χ4n) is 6.03. The molecule has 0 radical (unpaired) electrons. The highest BCUT2D eigenvalue weighted by Gasteiger charge is 2.67. The van der Waals surface area contributed by atoms with Crippen LogP contribution < -0.4 is 5.73 Å². The minimum Gasteiger partial charge on any atom is -0.507 e. The Kier molecular flexibility index (Phi) is 5.00. The van der Waals surface area contributed by atoms with Gasteiger partial charge in [-0.2, -0.15) is 0 Å². The third kappa shape index (κ3) is 2.71. The molecule has 0 saturated heterocycles. The van der Waals surface area contributed by atoms with Crippen LogP contribution in [0.15, 0.2) is 11.6 Å². The number of nitrogens with two attached hydrogens (primary N) is 1. The second-order valence-electron chi connectivity index (χ2n) is 9.50. The number of carbonyl (C=O) groups excluding carboxylic acids is 3. The van der Waals surface area contributed by atoms with Crippen molar-refractivity contribution in [2.45, 2.75) is 44.4 Å². The summed E-state index contributed by atoms with van der Waals surface area (Å²) in [5.74, 6) is -7.22. The van der Waals surface area contributed by atoms with E-state index in [1.54, 1.807) is 32.0 Å². The van der Waals surface area contributed by atoms with Crippen molar-refractivity contribution in [2.24, 2.45) is 23.5 Å². The van der Waals surface area contributed by atoms with Gasteiger partial charge >= 0.3 is 0 Å². The normalized spacial score (nSPS) is 34.3. The number of phenolic OH excluding ortho intramolecular Hbond substituents is 1. The standard InChI is InChI=1S/C23H28N2O7/c1-8-5-9(2)17(26)14-11(8)6-10-7-12-16(25(3)4)19(28)15(22(24)31)21(30)23(12,32)20(29)13(10)18(14)27/h5,10,12,15-16,19,26-28,32H,6-7H2,1-4H3,(H2,24,31)/t10-,12-,15?,16-,19?,23-/m0/s1. The number of ketones is 2. The number of hydrogen-bond donors (Lipinski definition) is 5. The van der Waals surface area contributed by atoms with Gasteiger partial charge in [0.25, 0.3) is 0 Å². The quantitative estimate of drug-likeness (QED) is 0.390. The number of likely N-dealkylation sites (N-methyl/N-ethyl adjacent to an activating group) is 1. The second-order valence-corrected chi connectivity index (χ2v) is 9.50. The van der Waals surface area contributed by atoms with Crippen LogP contribution in [-0.4, -0.2) is 74.6 Å². The molecule has 32 heavy (non-hydrogen) atoms. The van der Waals surface area contributed by atoms with Crippen molar-refractivity contribution in [2.75, 3.05) is 14.1 Å². The molecule has 6 N–H and O–H groups in total. The summed E-state index contributed by atoms with van der Waals surface area (Å²) in [7, 11) is 3.24. The number of fused-ring (bicyclic) bond motifs is 3. The molecule has 2 saturated carbocycles. The minimum atomic E-state index is -2.63. The van der Waals surface area contributed by atoms with E-state index in [9.17, 15) is 34.8 Å². The van der Waals surface area contributed by atoms with Crippen LogP contribution in [0, 0.1) is 31.6 Å². The highest BCUT2D eigenvalue weighted by molar-refractivity contribution is 6.25. The first-order chi connectivity index (χ1) is 14.8. The number of carbonyl (C=O) groups is 3. The molecule has 2 unspecified atom stereocenters. The summed E-state index contributed by atoms with van der Waals surface area (Å²) < 4.78 is 0. The first-order valence-corrected chi connectivity index (χ1v) is 10.5. The predicted molar refractivity (Wildman–Crippen MR) is 114 cm³/mol. The van der Waals surface area contributed by atoms with E-state index in [2.05, 4.69) is 0 Å². The summed E-state index contributed by atoms with van der Waals surface area (Å²) >= 11 is 0. The Balaban J connectivity index is 1.95. The number of Topliss-reactive ketones (excluding diaryl/α,β-unsaturated/α-hetero) is 2. The number of amides is 1. The zero-order valence-electron chi connectivity index (χ0n) is 18.4. The summed E-state index contributed by atoms with van der Waals surface area (Å²) in [5, 5.41) is 44.0. The van der Waals surface area contributed by atoms with Gasteiger partial charge in [-0.15, -0.1) is 0 Å². The zero-order chi connectivity index (χ0) is 23.9. The molecule has 4 rings (SSSR count). The lowest BCUT2D eigenvalue weighted by Gasteiger charge is -2.53. The summed E-state index contributed by atoms with van der Waals surface area (Å²) in [4.78, 5) is 40.4. The Hall–Kier alpha value is -2.75. The number of aliphatic hydroxyl groups is 3. The number of benzene rings is 1. The molecule has 3 aliphatic rings. The fraction of sp³-hybridized carbons (Fsp3) is 0.522. The molecule has 6 atom stereocenters. The van der Waals surface area contributed by atoms with Gasteiger partial charge < -0.3 is 31.1 Å². The van der Waals surface area contributed by atoms with Gasteiger partial charge in [0.05, 0.1) is 11.7 Å². The molecular weight excluding hydrogens is 416 g/mol. The van der Waals surface area contributed by atoms with Crippen LogP contribution in [0.5, 0.6) is 5.75 Å². The van der Waals surface area contributed by atoms with Crippen LogP contribution in [-0.2, 0) is 20.8 Å². The maximum absolute atomic E-state index is 13.6. The van der Waals surface area contributed by atoms with E-state index in [0.29, 0.717) is 17.5 Å². The molecular formula is C23H28N2O7. The van der Waals surface area contributed by atoms with Crippen molar-refractivity contribution in [1.82, 2.24) is 4.90 Å². The zero-order valence-corrected chi connectivity index (χ0v) is 18.4. The topological polar surface area (TPSA) is 161 Å². The highest BCUT2D eigenvalue weighted by Crippen LogP contribution is 2.52. The van der Waals surface area contributed by atoms with E-state index < -0.39 is 58.7 Å². The number of primary amides is 1. The molecule has 9 nitrogen and oxygen atoms in total. The van der Waals surface area contributed by atoms with E-state index in [1.807, 2.05) is 6.92 Å². The molecule has 1 aromatic carbocycles. The van der Waals surface area contributed by atoms with Crippen LogP contribution >= 0.6 is 0 Å². The molecule has 9 heteroatoms. The van der Waals surface area contributed by atoms with E-state index in [-0.39, 0.29) is 23.3 Å². The van der Waals surface area contributed by atoms with E-state index in [1.165, 1.54) is 0 Å². The van der Waals surface area contributed by atoms with Crippen molar-refractivity contribution < 1.29 is 34.8 Å². The van der Waals surface area contributed by atoms with Gasteiger partial charge in [0, 0.05) is 17.5 Å². The van der Waals surface area contributed by atoms with Crippen molar-refractivity contribution in [1.29, 1.82) is 0 Å². The lowest BCUT2D eigenvalue weighted by Crippen LogP contribution is -2.73. The van der Waals surface area contributed by atoms with Crippen molar-refractivity contribution in [3.8, 4) is 5.75 Å². The molecule has 0 heterocycles. The van der Waals surface area contributed by atoms with Crippen molar-refractivity contribution in [3.63, 3.8) is 0 Å². The van der Waals surface area contributed by atoms with Gasteiger partial charge in [0.1, 0.15) is 17.4 Å². The molecule has 3 aliphatic carbocycles. The van der Waals surface area contributed by atoms with Crippen LogP contribution in [0.1, 0.15) is 28.7 Å². The third-order valence-corrected chi connectivity index (χ3v) is 7.50. The predicted octanol–water partition coefficient (Wildman–Crippen LogP) is -0.254. The molecule has 172 valence electrons. The van der Waals surface area contributed by atoms with Crippen molar-refractivity contribution >= 4 is 23.2 Å². The lowest BCUT2D eigenvalue weighted by atomic mass is 9.54. The van der Waals surface area contributed by atoms with Crippen LogP contribution in [0.3, 0.4) is 0 Å². The fourth-order valence-corrected chi connectivity index (χ4v) is 6.03. The maximum atomic E-state index is 13.6. The smallest absolute Gasteiger partial charge is 0.230 e. The monoisotopic (exact) mass is 444 g/mol. The SMILES string of the molecule is Cc1cc(C)c2c(c1O)C(O)=C1C(=O)[C@]3(O)C(=O)C(C(N)=O)C(O)[C@@H](N(C)C)[C@@H]3C[C@@H]1C2. The number of aromatic hydroxyl groups is 1. The summed E-state index contributed by atoms with van der Waals surface area (Å²) in [6.07, 6.45) is -1.06. The van der Waals surface area contributed by atoms with E-state index >= 15 is 0 Å². The lowest BCUT2D eigenvalue weighted by molar-refractivity contribution is -0.184. The summed E-state index contributed by atoms with van der Waals surface area (Å²) in [6, 6.07) is 0.901. The average Bonchev–Trinajstić information content (AvgIpc) is 2.68. The Morgan fingerprint density at radius 3 is 2.38 bits per heavy atom. The number of aliphatic hydroxyl groups excluding tert-OH is 2. The maximum Gasteiger partial charge on any atom is 0.230 e. The Morgan fingerprint density at radius 1 is 1.19 bits per heavy atom. The third-order valence-electron chi connectivity index (χ3n) is 7.50. The molecule has 0 bridgehead atoms. The molecule has 0 aromatic heterocycles. The van der Waals surface area contributed by atoms with Crippen LogP contribution in [0.25, 0.3) is 5.76 Å². The van der Waals surface area contributed by atoms with Gasteiger partial charge in [-0.3, -0.25) is 14.4 Å². The molecule has 0 spiro atoms. The van der Waals surface area contributed by atoms with Gasteiger partial charge in [-0.25, -0.2) is 0 Å². The Labute approximate surface area is 185 Å². The Bertz CT molecular complexity index is 1090. The highest BCUT2D eigenvalue weighted by atomic mass is 16.3. The largest absolute Gasteiger partial charge is 0.507 e. The first kappa shape index (κ1) is 22.4. The Morgan fingerprint density at radius 2 is 1.81 bits per heavy atom. The minimum absolute atomic E-state index is 0.117. The first-order valence-electron chi connectivity index (χ1n) is 10.5. The van der Waals surface area contributed by atoms with E-state index in [0.717, 1.165) is 5.56 Å². The number of rotatable bonds is 2. The molecule has 1 aromatic rings. The van der Waals surface area contributed by atoms with Gasteiger partial charge in [0.2, 0.25) is 11.7 Å². The number of aryl methyl sites for hydroxylation is 2. The average molecular weight is 444 g/mol. The molecule has 2 fully saturated rings. The summed E-state index contributed by atoms with van der Waals surface area (Å²) in [5.41, 5.74) is 4.77. The number of hydrogen-bond acceptors (Lipinski definition) is 8. The van der Waals surface area contributed by atoms with Crippen molar-refractivity contribution in [3.05, 3.63) is 33.9 Å². The second kappa shape index (κ2) is 7.13. The van der Waals surface area contributed by atoms with Gasteiger partial charge in [-0.05, 0) is 63.4 Å².